The number of hydrogen-bond donors (Lipinski definition) is 3. The van der Waals surface area contributed by atoms with Gasteiger partial charge in [0.25, 0.3) is 0 Å². The second-order valence-electron chi connectivity index (χ2n) is 6.60. The molecule has 0 aliphatic rings. The normalized spacial score (nSPS) is 12.5. The Hall–Kier alpha value is -2.08. The van der Waals surface area contributed by atoms with E-state index in [2.05, 4.69) is 5.32 Å². The minimum absolute atomic E-state index is 0.00457. The number of hydrogen-bond acceptors (Lipinski definition) is 3. The Morgan fingerprint density at radius 2 is 1.88 bits per heavy atom. The maximum Gasteiger partial charge on any atom is 0.317 e. The molecule has 134 valence electrons. The van der Waals surface area contributed by atoms with Crippen LogP contribution in [0.3, 0.4) is 0 Å². The molecule has 6 heteroatoms. The third-order valence-corrected chi connectivity index (χ3v) is 3.61. The van der Waals surface area contributed by atoms with Crippen molar-refractivity contribution in [2.75, 3.05) is 13.1 Å². The smallest absolute Gasteiger partial charge is 0.317 e. The first-order valence-electron chi connectivity index (χ1n) is 8.25. The summed E-state index contributed by atoms with van der Waals surface area (Å²) in [4.78, 5) is 24.8. The van der Waals surface area contributed by atoms with Gasteiger partial charge in [0.15, 0.2) is 0 Å². The van der Waals surface area contributed by atoms with E-state index in [0.717, 1.165) is 5.56 Å². The standard InChI is InChI=1S/C18H28N2O4/c1-4-20(13-18(2,3)24)17(23)19-15(10-11-16(21)22)12-14-8-6-5-7-9-14/h5-9,15,24H,4,10-13H2,1-3H3,(H,19,23)(H,21,22). The number of urea groups is 1. The molecular weight excluding hydrogens is 308 g/mol. The number of aliphatic carboxylic acids is 1. The Labute approximate surface area is 143 Å². The number of carbonyl (C=O) groups excluding carboxylic acids is 1. The zero-order valence-electron chi connectivity index (χ0n) is 14.7. The van der Waals surface area contributed by atoms with E-state index in [4.69, 9.17) is 5.11 Å². The van der Waals surface area contributed by atoms with Crippen LogP contribution in [0.5, 0.6) is 0 Å². The molecule has 0 aliphatic heterocycles. The molecule has 0 fully saturated rings. The van der Waals surface area contributed by atoms with Gasteiger partial charge in [0, 0.05) is 19.0 Å². The maximum atomic E-state index is 12.5. The van der Waals surface area contributed by atoms with Gasteiger partial charge in [0.05, 0.1) is 12.1 Å². The molecular formula is C18H28N2O4. The van der Waals surface area contributed by atoms with Crippen molar-refractivity contribution >= 4 is 12.0 Å². The topological polar surface area (TPSA) is 89.9 Å². The van der Waals surface area contributed by atoms with E-state index in [9.17, 15) is 14.7 Å². The summed E-state index contributed by atoms with van der Waals surface area (Å²) < 4.78 is 0. The number of nitrogens with one attached hydrogen (secondary N) is 1. The summed E-state index contributed by atoms with van der Waals surface area (Å²) in [5.74, 6) is -0.883. The quantitative estimate of drug-likeness (QED) is 0.645. The third-order valence-electron chi connectivity index (χ3n) is 3.61. The predicted octanol–water partition coefficient (Wildman–Crippen LogP) is 2.26. The Bertz CT molecular complexity index is 526. The maximum absolute atomic E-state index is 12.5. The molecule has 1 aromatic carbocycles. The van der Waals surface area contributed by atoms with Gasteiger partial charge in [-0.05, 0) is 39.2 Å². The summed E-state index contributed by atoms with van der Waals surface area (Å²) in [5.41, 5.74) is 0.0577. The number of benzene rings is 1. The van der Waals surface area contributed by atoms with Crippen LogP contribution in [0, 0.1) is 0 Å². The number of nitrogens with zero attached hydrogens (tertiary/aromatic N) is 1. The Balaban J connectivity index is 2.74. The lowest BCUT2D eigenvalue weighted by Crippen LogP contribution is -2.50. The van der Waals surface area contributed by atoms with Crippen LogP contribution < -0.4 is 5.32 Å². The van der Waals surface area contributed by atoms with Gasteiger partial charge in [-0.25, -0.2) is 4.79 Å². The number of amides is 2. The minimum atomic E-state index is -0.983. The number of carboxylic acid groups (broad SMARTS) is 1. The van der Waals surface area contributed by atoms with Crippen LogP contribution in [0.1, 0.15) is 39.2 Å². The first-order chi connectivity index (χ1) is 11.2. The first kappa shape index (κ1) is 20.0. The lowest BCUT2D eigenvalue weighted by atomic mass is 10.0. The first-order valence-corrected chi connectivity index (χ1v) is 8.25. The number of carbonyl (C=O) groups is 2. The summed E-state index contributed by atoms with van der Waals surface area (Å²) in [6, 6.07) is 9.09. The van der Waals surface area contributed by atoms with Crippen molar-refractivity contribution in [1.29, 1.82) is 0 Å². The SMILES string of the molecule is CCN(CC(C)(C)O)C(=O)NC(CCC(=O)O)Cc1ccccc1. The average molecular weight is 336 g/mol. The zero-order chi connectivity index (χ0) is 18.2. The van der Waals surface area contributed by atoms with Gasteiger partial charge < -0.3 is 20.4 Å². The zero-order valence-corrected chi connectivity index (χ0v) is 14.7. The van der Waals surface area contributed by atoms with Gasteiger partial charge in [-0.1, -0.05) is 30.3 Å². The largest absolute Gasteiger partial charge is 0.481 e. The molecule has 24 heavy (non-hydrogen) atoms. The predicted molar refractivity (Wildman–Crippen MR) is 92.9 cm³/mol. The fourth-order valence-electron chi connectivity index (χ4n) is 2.48. The molecule has 0 saturated carbocycles. The van der Waals surface area contributed by atoms with Crippen LogP contribution in [-0.4, -0.2) is 51.8 Å². The number of likely N-dealkylation sites (N-methyl/N-ethyl adjacent to an activating group) is 1. The molecule has 0 radical (unpaired) electrons. The molecule has 6 nitrogen and oxygen atoms in total. The van der Waals surface area contributed by atoms with Crippen molar-refractivity contribution in [3.63, 3.8) is 0 Å². The number of aliphatic hydroxyl groups is 1. The fraction of sp³-hybridized carbons (Fsp3) is 0.556. The van der Waals surface area contributed by atoms with Crippen LogP contribution in [-0.2, 0) is 11.2 Å². The molecule has 0 bridgehead atoms. The van der Waals surface area contributed by atoms with E-state index >= 15 is 0 Å². The lowest BCUT2D eigenvalue weighted by molar-refractivity contribution is -0.137. The molecule has 0 heterocycles. The van der Waals surface area contributed by atoms with Crippen LogP contribution >= 0.6 is 0 Å². The number of carboxylic acids is 1. The molecule has 2 amide bonds. The second kappa shape index (κ2) is 9.27. The highest BCUT2D eigenvalue weighted by Crippen LogP contribution is 2.10. The molecule has 0 saturated heterocycles. The van der Waals surface area contributed by atoms with E-state index in [1.54, 1.807) is 13.8 Å². The molecule has 0 spiro atoms. The van der Waals surface area contributed by atoms with Crippen LogP contribution in [0.2, 0.25) is 0 Å². The minimum Gasteiger partial charge on any atom is -0.481 e. The molecule has 1 atom stereocenters. The van der Waals surface area contributed by atoms with Crippen molar-refractivity contribution in [3.8, 4) is 0 Å². The van der Waals surface area contributed by atoms with Crippen molar-refractivity contribution in [1.82, 2.24) is 10.2 Å². The molecule has 1 rings (SSSR count). The van der Waals surface area contributed by atoms with Gasteiger partial charge in [0.2, 0.25) is 0 Å². The van der Waals surface area contributed by atoms with E-state index in [1.807, 2.05) is 37.3 Å². The van der Waals surface area contributed by atoms with Gasteiger partial charge in [0.1, 0.15) is 0 Å². The summed E-state index contributed by atoms with van der Waals surface area (Å²) >= 11 is 0. The fourth-order valence-corrected chi connectivity index (χ4v) is 2.48. The lowest BCUT2D eigenvalue weighted by Gasteiger charge is -2.30. The second-order valence-corrected chi connectivity index (χ2v) is 6.60. The highest BCUT2D eigenvalue weighted by Gasteiger charge is 2.23. The van der Waals surface area contributed by atoms with E-state index in [-0.39, 0.29) is 25.0 Å². The van der Waals surface area contributed by atoms with Crippen molar-refractivity contribution in [2.45, 2.75) is 51.7 Å². The third kappa shape index (κ3) is 7.97. The summed E-state index contributed by atoms with van der Waals surface area (Å²) in [6.45, 7) is 5.82. The molecule has 0 aliphatic carbocycles. The van der Waals surface area contributed by atoms with E-state index < -0.39 is 11.6 Å². The summed E-state index contributed by atoms with van der Waals surface area (Å²) in [5, 5.41) is 21.7. The van der Waals surface area contributed by atoms with Crippen LogP contribution in [0.15, 0.2) is 30.3 Å². The molecule has 1 unspecified atom stereocenters. The Kier molecular flexibility index (Phi) is 7.71. The molecule has 3 N–H and O–H groups in total. The Morgan fingerprint density at radius 1 is 1.25 bits per heavy atom. The molecule has 0 aromatic heterocycles. The van der Waals surface area contributed by atoms with Crippen molar-refractivity contribution in [3.05, 3.63) is 35.9 Å². The highest BCUT2D eigenvalue weighted by molar-refractivity contribution is 5.74. The Morgan fingerprint density at radius 3 is 2.38 bits per heavy atom. The highest BCUT2D eigenvalue weighted by atomic mass is 16.4. The van der Waals surface area contributed by atoms with E-state index in [1.165, 1.54) is 4.90 Å². The summed E-state index contributed by atoms with van der Waals surface area (Å²) in [6.07, 6.45) is 0.922. The van der Waals surface area contributed by atoms with Gasteiger partial charge in [-0.15, -0.1) is 0 Å². The van der Waals surface area contributed by atoms with Crippen molar-refractivity contribution in [2.24, 2.45) is 0 Å². The van der Waals surface area contributed by atoms with Gasteiger partial charge in [-0.3, -0.25) is 4.79 Å². The number of rotatable bonds is 9. The molecule has 1 aromatic rings. The van der Waals surface area contributed by atoms with Gasteiger partial charge in [-0.2, -0.15) is 0 Å². The van der Waals surface area contributed by atoms with E-state index in [0.29, 0.717) is 19.4 Å². The van der Waals surface area contributed by atoms with Crippen LogP contribution in [0.4, 0.5) is 4.79 Å². The summed E-state index contributed by atoms with van der Waals surface area (Å²) in [7, 11) is 0. The van der Waals surface area contributed by atoms with Crippen molar-refractivity contribution < 1.29 is 19.8 Å². The monoisotopic (exact) mass is 336 g/mol. The average Bonchev–Trinajstić information content (AvgIpc) is 2.50. The van der Waals surface area contributed by atoms with Crippen LogP contribution in [0.25, 0.3) is 0 Å². The van der Waals surface area contributed by atoms with Gasteiger partial charge >= 0.3 is 12.0 Å².